The number of nitrogens with zero attached hydrogens (tertiary/aromatic N) is 2. The van der Waals surface area contributed by atoms with Gasteiger partial charge in [-0.3, -0.25) is 0 Å². The van der Waals surface area contributed by atoms with Crippen LogP contribution in [-0.2, 0) is 31.1 Å². The van der Waals surface area contributed by atoms with Crippen molar-refractivity contribution in [3.8, 4) is 11.3 Å². The maximum atomic E-state index is 14.4. The van der Waals surface area contributed by atoms with Gasteiger partial charge in [-0.25, -0.2) is 0 Å². The zero-order valence-corrected chi connectivity index (χ0v) is 29.0. The van der Waals surface area contributed by atoms with E-state index in [2.05, 4.69) is 112 Å². The predicted octanol–water partition coefficient (Wildman–Crippen LogP) is 9.75. The van der Waals surface area contributed by atoms with Gasteiger partial charge in [-0.2, -0.15) is 0 Å². The van der Waals surface area contributed by atoms with Crippen LogP contribution in [0.3, 0.4) is 0 Å². The first kappa shape index (κ1) is 29.5. The number of aromatic nitrogens is 1. The van der Waals surface area contributed by atoms with Crippen molar-refractivity contribution in [3.63, 3.8) is 0 Å². The van der Waals surface area contributed by atoms with Gasteiger partial charge in [0.15, 0.2) is 0 Å². The van der Waals surface area contributed by atoms with Crippen molar-refractivity contribution in [2.45, 2.75) is 64.8 Å². The molecule has 1 aromatic heterocycles. The number of aryl methyl sites for hydroxylation is 1. The average Bonchev–Trinajstić information content (AvgIpc) is 3.03. The molecule has 1 aliphatic carbocycles. The number of fused-ring (bicyclic) bond motifs is 2. The Labute approximate surface area is 270 Å². The number of pyridine rings is 1. The summed E-state index contributed by atoms with van der Waals surface area (Å²) in [6, 6.07) is 33.9. The van der Waals surface area contributed by atoms with Gasteiger partial charge in [-0.15, -0.1) is 0 Å². The van der Waals surface area contributed by atoms with Crippen molar-refractivity contribution in [3.05, 3.63) is 125 Å². The number of amides is 1. The molecule has 1 atom stereocenters. The fourth-order valence-corrected chi connectivity index (χ4v) is 7.81. The average molecular weight is 731 g/mol. The van der Waals surface area contributed by atoms with Gasteiger partial charge in [0.1, 0.15) is 0 Å². The monoisotopic (exact) mass is 732 g/mol. The van der Waals surface area contributed by atoms with Crippen LogP contribution in [0.5, 0.6) is 0 Å². The van der Waals surface area contributed by atoms with E-state index < -0.39 is 0 Å². The number of anilines is 2. The predicted molar refractivity (Wildman–Crippen MR) is 174 cm³/mol. The van der Waals surface area contributed by atoms with Gasteiger partial charge in [0.05, 0.1) is 0 Å². The number of carbonyl (C=O) groups is 1. The molecule has 6 rings (SSSR count). The zero-order valence-electron chi connectivity index (χ0n) is 25.4. The topological polar surface area (TPSA) is 45.2 Å². The van der Waals surface area contributed by atoms with Crippen LogP contribution in [0.15, 0.2) is 97.1 Å². The van der Waals surface area contributed by atoms with Crippen molar-refractivity contribution >= 4 is 28.2 Å². The van der Waals surface area contributed by atoms with Crippen LogP contribution in [0, 0.1) is 0 Å². The molecule has 0 aliphatic heterocycles. The van der Waals surface area contributed by atoms with Crippen molar-refractivity contribution in [2.75, 3.05) is 8.20 Å². The Morgan fingerprint density at radius 3 is 2.26 bits per heavy atom. The Morgan fingerprint density at radius 1 is 0.837 bits per heavy atom. The first-order valence-electron chi connectivity index (χ1n) is 15.4. The molecule has 0 fully saturated rings. The van der Waals surface area contributed by atoms with E-state index in [1.54, 1.807) is 0 Å². The Bertz CT molecular complexity index is 1750. The molecule has 4 aromatic carbocycles. The van der Waals surface area contributed by atoms with Crippen molar-refractivity contribution < 1.29 is 29.5 Å². The molecule has 1 heterocycles. The Hall–Kier alpha value is -3.57. The van der Waals surface area contributed by atoms with Gasteiger partial charge in [-0.05, 0) is 0 Å². The van der Waals surface area contributed by atoms with E-state index in [4.69, 9.17) is 4.98 Å². The summed E-state index contributed by atoms with van der Waals surface area (Å²) < 4.78 is 1.98. The van der Waals surface area contributed by atoms with E-state index in [-0.39, 0.29) is 11.9 Å². The summed E-state index contributed by atoms with van der Waals surface area (Å²) in [5.41, 5.74) is 10.8. The number of nitrogens with one attached hydrogen (secondary N) is 1. The molecular formula is C38H38HfN3O. The first-order valence-corrected chi connectivity index (χ1v) is 17.0. The minimum atomic E-state index is 0.0237. The van der Waals surface area contributed by atoms with Crippen LogP contribution in [-0.4, -0.2) is 10.9 Å². The van der Waals surface area contributed by atoms with E-state index in [0.29, 0.717) is 42.1 Å². The number of hydrogen-bond acceptors (Lipinski definition) is 3. The van der Waals surface area contributed by atoms with Gasteiger partial charge >= 0.3 is 254 Å². The summed E-state index contributed by atoms with van der Waals surface area (Å²) in [5.74, 6) is 0.657. The van der Waals surface area contributed by atoms with Crippen molar-refractivity contribution in [1.82, 2.24) is 4.98 Å². The molecule has 0 spiro atoms. The number of para-hydroxylation sites is 3. The summed E-state index contributed by atoms with van der Waals surface area (Å²) in [5, 5.41) is 4.77. The maximum absolute atomic E-state index is 14.4. The van der Waals surface area contributed by atoms with Crippen LogP contribution < -0.4 is 8.20 Å². The summed E-state index contributed by atoms with van der Waals surface area (Å²) in [6.07, 6.45) is 3.28. The van der Waals surface area contributed by atoms with Gasteiger partial charge in [0.25, 0.3) is 0 Å². The molecule has 0 bridgehead atoms. The van der Waals surface area contributed by atoms with Gasteiger partial charge in [0, 0.05) is 0 Å². The number of rotatable bonds is 7. The molecule has 4 nitrogen and oxygen atoms in total. The van der Waals surface area contributed by atoms with E-state index in [9.17, 15) is 4.79 Å². The Balaban J connectivity index is 1.44. The molecule has 215 valence electrons. The third kappa shape index (κ3) is 5.84. The Morgan fingerprint density at radius 2 is 1.53 bits per heavy atom. The first-order chi connectivity index (χ1) is 20.8. The minimum absolute atomic E-state index is 0.0237. The molecule has 5 heteroatoms. The molecule has 1 unspecified atom stereocenters. The molecule has 0 radical (unpaired) electrons. The summed E-state index contributed by atoms with van der Waals surface area (Å²) in [6.45, 7) is 8.81. The van der Waals surface area contributed by atoms with Gasteiger partial charge < -0.3 is 0 Å². The standard InChI is InChI=1S/C38H39N3O.Hf/c1-24(2)29-17-11-18-30(25(3)4)37(29)41-38(42)32-20-9-14-27-22-23-33(40-36(27)32)31-19-8-12-26-13-10-21-34(35(26)31)39-28-15-6-5-7-16-28;/h5-9,11-12,14-20,22-25,34,39H,10,13,21H2,1-4H3,(H,41,42);/q;+1/p-1. The molecule has 0 saturated heterocycles. The molecule has 1 aliphatic rings. The molecular weight excluding hydrogens is 693 g/mol. The number of carbonyl (C=O) groups excluding carboxylic acids is 1. The van der Waals surface area contributed by atoms with Crippen molar-refractivity contribution in [1.29, 1.82) is 0 Å². The normalized spacial score (nSPS) is 14.6. The zero-order chi connectivity index (χ0) is 30.1. The molecule has 5 aromatic rings. The van der Waals surface area contributed by atoms with Gasteiger partial charge in [0.2, 0.25) is 0 Å². The number of benzene rings is 4. The van der Waals surface area contributed by atoms with Crippen LogP contribution in [0.25, 0.3) is 22.2 Å². The molecule has 1 N–H and O–H groups in total. The summed E-state index contributed by atoms with van der Waals surface area (Å²) in [7, 11) is 0. The molecule has 43 heavy (non-hydrogen) atoms. The van der Waals surface area contributed by atoms with Gasteiger partial charge in [-0.1, -0.05) is 18.2 Å². The van der Waals surface area contributed by atoms with Crippen LogP contribution in [0.1, 0.15) is 91.0 Å². The van der Waals surface area contributed by atoms with E-state index >= 15 is 0 Å². The summed E-state index contributed by atoms with van der Waals surface area (Å²) >= 11 is 0.572. The van der Waals surface area contributed by atoms with Crippen molar-refractivity contribution in [2.24, 2.45) is 0 Å². The fourth-order valence-electron chi connectivity index (χ4n) is 6.45. The quantitative estimate of drug-likeness (QED) is 0.170. The Kier molecular flexibility index (Phi) is 8.63. The second-order valence-electron chi connectivity index (χ2n) is 12.1. The van der Waals surface area contributed by atoms with E-state index in [1.165, 1.54) is 22.3 Å². The SMILES string of the molecule is CC(C)c1cccc(C(C)C)c1[N]([Hf])C(=O)c1cccc2ccc(-c3cccc4c3C(Nc3ccccc3)CCC4)nc12. The molecule has 0 saturated carbocycles. The second-order valence-corrected chi connectivity index (χ2v) is 13.7. The third-order valence-electron chi connectivity index (χ3n) is 8.59. The molecule has 1 amide bonds. The number of hydrogen-bond donors (Lipinski definition) is 1. The summed E-state index contributed by atoms with van der Waals surface area (Å²) in [4.78, 5) is 19.6. The van der Waals surface area contributed by atoms with E-state index in [1.807, 2.05) is 21.1 Å². The third-order valence-corrected chi connectivity index (χ3v) is 10.1. The van der Waals surface area contributed by atoms with Crippen LogP contribution in [0.2, 0.25) is 0 Å². The second kappa shape index (κ2) is 12.6. The van der Waals surface area contributed by atoms with E-state index in [0.717, 1.165) is 52.8 Å². The fraction of sp³-hybridized carbons (Fsp3) is 0.263. The van der Waals surface area contributed by atoms with Crippen LogP contribution in [0.4, 0.5) is 11.4 Å². The van der Waals surface area contributed by atoms with Crippen LogP contribution >= 0.6 is 0 Å².